The molecule has 1 amide bonds. The molecule has 8 nitrogen and oxygen atoms in total. The van der Waals surface area contributed by atoms with Crippen molar-refractivity contribution in [2.75, 3.05) is 18.9 Å². The Bertz CT molecular complexity index is 1330. The van der Waals surface area contributed by atoms with Crippen LogP contribution in [0.25, 0.3) is 5.69 Å². The van der Waals surface area contributed by atoms with Crippen LogP contribution in [0, 0.1) is 0 Å². The van der Waals surface area contributed by atoms with Gasteiger partial charge in [0.2, 0.25) is 0 Å². The predicted molar refractivity (Wildman–Crippen MR) is 126 cm³/mol. The van der Waals surface area contributed by atoms with E-state index in [-0.39, 0.29) is 10.8 Å². The van der Waals surface area contributed by atoms with Crippen LogP contribution in [-0.4, -0.2) is 48.4 Å². The van der Waals surface area contributed by atoms with Gasteiger partial charge in [0.1, 0.15) is 11.5 Å². The van der Waals surface area contributed by atoms with Crippen molar-refractivity contribution in [3.8, 4) is 5.69 Å². The molecule has 2 aromatic carbocycles. The van der Waals surface area contributed by atoms with E-state index < -0.39 is 10.0 Å². The predicted octanol–water partition coefficient (Wildman–Crippen LogP) is 3.81. The van der Waals surface area contributed by atoms with Gasteiger partial charge in [0.15, 0.2) is 0 Å². The van der Waals surface area contributed by atoms with Crippen molar-refractivity contribution in [2.45, 2.75) is 36.5 Å². The fraction of sp³-hybridized carbons (Fsp3) is 0.292. The maximum Gasteiger partial charge on any atom is 0.284 e. The van der Waals surface area contributed by atoms with E-state index in [9.17, 15) is 13.2 Å². The largest absolute Gasteiger partial charge is 0.362 e. The fourth-order valence-electron chi connectivity index (χ4n) is 3.94. The molecular formula is C24H25N5O3S. The summed E-state index contributed by atoms with van der Waals surface area (Å²) in [5.74, 6) is 0.598. The monoisotopic (exact) mass is 463 g/mol. The van der Waals surface area contributed by atoms with Gasteiger partial charge in [-0.2, -0.15) is 13.5 Å². The number of carbonyl (C=O) groups is 1. The van der Waals surface area contributed by atoms with Gasteiger partial charge < -0.3 is 10.2 Å². The van der Waals surface area contributed by atoms with Crippen LogP contribution in [0.2, 0.25) is 0 Å². The molecule has 2 fully saturated rings. The summed E-state index contributed by atoms with van der Waals surface area (Å²) >= 11 is 0. The van der Waals surface area contributed by atoms with Crippen LogP contribution in [0.1, 0.15) is 47.8 Å². The van der Waals surface area contributed by atoms with Gasteiger partial charge in [0, 0.05) is 31.6 Å². The van der Waals surface area contributed by atoms with Gasteiger partial charge in [-0.15, -0.1) is 4.40 Å². The number of rotatable bonds is 6. The van der Waals surface area contributed by atoms with E-state index >= 15 is 0 Å². The molecule has 1 saturated heterocycles. The molecule has 33 heavy (non-hydrogen) atoms. The zero-order chi connectivity index (χ0) is 23.0. The quantitative estimate of drug-likeness (QED) is 0.600. The Kier molecular flexibility index (Phi) is 5.49. The van der Waals surface area contributed by atoms with Crippen LogP contribution in [0.4, 0.5) is 5.69 Å². The van der Waals surface area contributed by atoms with E-state index in [1.54, 1.807) is 16.8 Å². The third-order valence-electron chi connectivity index (χ3n) is 5.91. The lowest BCUT2D eigenvalue weighted by Crippen LogP contribution is -2.20. The lowest BCUT2D eigenvalue weighted by atomic mass is 10.2. The van der Waals surface area contributed by atoms with Gasteiger partial charge in [-0.1, -0.05) is 24.3 Å². The van der Waals surface area contributed by atoms with Gasteiger partial charge in [-0.05, 0) is 55.7 Å². The maximum absolute atomic E-state index is 13.2. The van der Waals surface area contributed by atoms with Crippen molar-refractivity contribution in [2.24, 2.45) is 4.40 Å². The number of sulfonamides is 1. The summed E-state index contributed by atoms with van der Waals surface area (Å²) < 4.78 is 31.3. The van der Waals surface area contributed by atoms with E-state index in [1.807, 2.05) is 48.3 Å². The summed E-state index contributed by atoms with van der Waals surface area (Å²) in [6.45, 7) is 0.794. The summed E-state index contributed by atoms with van der Waals surface area (Å²) in [7, 11) is -2.04. The summed E-state index contributed by atoms with van der Waals surface area (Å²) in [5.41, 5.74) is 2.48. The van der Waals surface area contributed by atoms with Crippen LogP contribution in [0.3, 0.4) is 0 Å². The lowest BCUT2D eigenvalue weighted by molar-refractivity contribution is 0.101. The number of benzene rings is 2. The maximum atomic E-state index is 13.2. The Morgan fingerprint density at radius 1 is 1.09 bits per heavy atom. The van der Waals surface area contributed by atoms with Crippen LogP contribution in [-0.2, 0) is 10.0 Å². The Morgan fingerprint density at radius 3 is 2.58 bits per heavy atom. The first-order chi connectivity index (χ1) is 15.9. The second-order valence-corrected chi connectivity index (χ2v) is 10.1. The van der Waals surface area contributed by atoms with E-state index in [0.717, 1.165) is 37.2 Å². The van der Waals surface area contributed by atoms with Crippen molar-refractivity contribution < 1.29 is 13.2 Å². The molecule has 170 valence electrons. The van der Waals surface area contributed by atoms with Crippen molar-refractivity contribution in [1.29, 1.82) is 0 Å². The average Bonchev–Trinajstić information content (AvgIpc) is 3.44. The topological polar surface area (TPSA) is 96.7 Å². The molecular weight excluding hydrogens is 438 g/mol. The van der Waals surface area contributed by atoms with Crippen LogP contribution < -0.4 is 5.32 Å². The van der Waals surface area contributed by atoms with Crippen LogP contribution in [0.15, 0.2) is 70.0 Å². The molecule has 1 aliphatic carbocycles. The second-order valence-electron chi connectivity index (χ2n) is 8.47. The number of hydrogen-bond donors (Lipinski definition) is 1. The van der Waals surface area contributed by atoms with Crippen molar-refractivity contribution >= 4 is 27.5 Å². The fourth-order valence-corrected chi connectivity index (χ4v) is 5.08. The van der Waals surface area contributed by atoms with E-state index in [2.05, 4.69) is 14.8 Å². The smallest absolute Gasteiger partial charge is 0.284 e. The molecule has 5 rings (SSSR count). The van der Waals surface area contributed by atoms with Gasteiger partial charge in [-0.3, -0.25) is 4.79 Å². The molecule has 2 aliphatic rings. The zero-order valence-electron chi connectivity index (χ0n) is 18.3. The average molecular weight is 464 g/mol. The number of amides is 1. The number of hydrogen-bond acceptors (Lipinski definition) is 4. The summed E-state index contributed by atoms with van der Waals surface area (Å²) in [5, 5.41) is 7.50. The minimum absolute atomic E-state index is 0.0448. The molecule has 1 N–H and O–H groups in total. The first-order valence-electron chi connectivity index (χ1n) is 11.0. The molecule has 2 heterocycles. The molecule has 1 aliphatic heterocycles. The van der Waals surface area contributed by atoms with Gasteiger partial charge in [0.05, 0.1) is 16.3 Å². The lowest BCUT2D eigenvalue weighted by Gasteiger charge is -2.11. The second kappa shape index (κ2) is 8.47. The molecule has 0 atom stereocenters. The van der Waals surface area contributed by atoms with Crippen LogP contribution in [0.5, 0.6) is 0 Å². The first-order valence-corrected chi connectivity index (χ1v) is 12.5. The number of likely N-dealkylation sites (tertiary alicyclic amines) is 1. The van der Waals surface area contributed by atoms with E-state index in [1.165, 1.54) is 12.1 Å². The Balaban J connectivity index is 1.42. The summed E-state index contributed by atoms with van der Waals surface area (Å²) in [6, 6.07) is 17.5. The van der Waals surface area contributed by atoms with Crippen molar-refractivity contribution in [1.82, 2.24) is 14.7 Å². The molecule has 0 spiro atoms. The zero-order valence-corrected chi connectivity index (χ0v) is 19.1. The number of carbonyl (C=O) groups excluding carboxylic acids is 1. The molecule has 0 bridgehead atoms. The highest BCUT2D eigenvalue weighted by Gasteiger charge is 2.29. The minimum Gasteiger partial charge on any atom is -0.362 e. The Morgan fingerprint density at radius 2 is 1.88 bits per heavy atom. The highest BCUT2D eigenvalue weighted by Crippen LogP contribution is 2.39. The highest BCUT2D eigenvalue weighted by molar-refractivity contribution is 7.90. The SMILES string of the molecule is CN1CCCC1=NS(=O)(=O)c1cccc(NC(=O)c2cc(C3CC3)nn2-c2ccccc2)c1. The Labute approximate surface area is 193 Å². The first kappa shape index (κ1) is 21.4. The van der Waals surface area contributed by atoms with Gasteiger partial charge in [0.25, 0.3) is 15.9 Å². The van der Waals surface area contributed by atoms with E-state index in [4.69, 9.17) is 0 Å². The third-order valence-corrected chi connectivity index (χ3v) is 7.21. The van der Waals surface area contributed by atoms with Crippen molar-refractivity contribution in [3.63, 3.8) is 0 Å². The normalized spacial score (nSPS) is 17.5. The summed E-state index contributed by atoms with van der Waals surface area (Å²) in [4.78, 5) is 15.1. The van der Waals surface area contributed by atoms with Gasteiger partial charge >= 0.3 is 0 Å². The van der Waals surface area contributed by atoms with Gasteiger partial charge in [-0.25, -0.2) is 4.68 Å². The molecule has 0 radical (unpaired) electrons. The Hall–Kier alpha value is -3.46. The standard InChI is InChI=1S/C24H25N5O3S/c1-28-14-6-11-23(28)27-33(31,32)20-10-5-7-18(15-20)25-24(30)22-16-21(17-12-13-17)26-29(22)19-8-3-2-4-9-19/h2-5,7-10,15-17H,6,11-14H2,1H3,(H,25,30). The summed E-state index contributed by atoms with van der Waals surface area (Å²) in [6.07, 6.45) is 3.67. The third kappa shape index (κ3) is 4.54. The number of anilines is 1. The number of aromatic nitrogens is 2. The molecule has 1 saturated carbocycles. The van der Waals surface area contributed by atoms with Crippen molar-refractivity contribution in [3.05, 3.63) is 72.1 Å². The van der Waals surface area contributed by atoms with E-state index in [0.29, 0.717) is 29.6 Å². The number of para-hydroxylation sites is 1. The number of nitrogens with zero attached hydrogens (tertiary/aromatic N) is 4. The molecule has 1 aromatic heterocycles. The molecule has 9 heteroatoms. The number of amidine groups is 1. The van der Waals surface area contributed by atoms with Crippen LogP contribution >= 0.6 is 0 Å². The molecule has 3 aromatic rings. The highest BCUT2D eigenvalue weighted by atomic mass is 32.2. The number of nitrogens with one attached hydrogen (secondary N) is 1. The molecule has 0 unspecified atom stereocenters. The minimum atomic E-state index is -3.87.